The van der Waals surface area contributed by atoms with Crippen LogP contribution in [0.1, 0.15) is 35.4 Å². The Bertz CT molecular complexity index is 1100. The summed E-state index contributed by atoms with van der Waals surface area (Å²) in [4.78, 5) is 29.1. The molecule has 0 saturated heterocycles. The van der Waals surface area contributed by atoms with Crippen LogP contribution in [0, 0.1) is 13.8 Å². The molecular formula is C23H24N4O2. The second-order valence-corrected chi connectivity index (χ2v) is 7.54. The summed E-state index contributed by atoms with van der Waals surface area (Å²) in [5.74, 6) is 0.0134. The number of rotatable bonds is 5. The van der Waals surface area contributed by atoms with Gasteiger partial charge in [-0.1, -0.05) is 30.3 Å². The quantitative estimate of drug-likeness (QED) is 0.689. The molecule has 2 N–H and O–H groups in total. The van der Waals surface area contributed by atoms with Crippen molar-refractivity contribution in [1.82, 2.24) is 9.55 Å². The van der Waals surface area contributed by atoms with E-state index in [1.807, 2.05) is 35.9 Å². The molecule has 2 aromatic carbocycles. The Morgan fingerprint density at radius 2 is 1.97 bits per heavy atom. The average molecular weight is 388 g/mol. The number of hydrogen-bond acceptors (Lipinski definition) is 3. The van der Waals surface area contributed by atoms with Gasteiger partial charge in [0.25, 0.3) is 0 Å². The van der Waals surface area contributed by atoms with Crippen molar-refractivity contribution < 1.29 is 9.59 Å². The van der Waals surface area contributed by atoms with Gasteiger partial charge in [-0.3, -0.25) is 14.9 Å². The molecule has 0 spiro atoms. The van der Waals surface area contributed by atoms with Crippen molar-refractivity contribution >= 4 is 23.5 Å². The van der Waals surface area contributed by atoms with Gasteiger partial charge >= 0.3 is 0 Å². The van der Waals surface area contributed by atoms with Gasteiger partial charge < -0.3 is 9.88 Å². The van der Waals surface area contributed by atoms with Crippen LogP contribution in [-0.4, -0.2) is 21.4 Å². The highest BCUT2D eigenvalue weighted by atomic mass is 16.2. The lowest BCUT2D eigenvalue weighted by molar-refractivity contribution is -0.118. The van der Waals surface area contributed by atoms with Crippen molar-refractivity contribution in [3.05, 3.63) is 65.4 Å². The number of aromatic nitrogens is 2. The number of benzene rings is 2. The van der Waals surface area contributed by atoms with Crippen molar-refractivity contribution in [2.75, 3.05) is 10.6 Å². The number of imidazole rings is 1. The van der Waals surface area contributed by atoms with E-state index >= 15 is 0 Å². The van der Waals surface area contributed by atoms with Crippen molar-refractivity contribution in [3.63, 3.8) is 0 Å². The molecule has 2 heterocycles. The number of anilines is 2. The molecule has 0 fully saturated rings. The zero-order valence-electron chi connectivity index (χ0n) is 16.8. The van der Waals surface area contributed by atoms with Crippen LogP contribution in [0.3, 0.4) is 0 Å². The number of nitrogens with zero attached hydrogens (tertiary/aromatic N) is 2. The second-order valence-electron chi connectivity index (χ2n) is 7.54. The summed E-state index contributed by atoms with van der Waals surface area (Å²) < 4.78 is 1.87. The maximum absolute atomic E-state index is 12.5. The Hall–Kier alpha value is -3.41. The predicted octanol–water partition coefficient (Wildman–Crippen LogP) is 4.16. The fourth-order valence-corrected chi connectivity index (χ4v) is 3.72. The van der Waals surface area contributed by atoms with Crippen molar-refractivity contribution in [2.45, 2.75) is 32.6 Å². The number of nitrogens with one attached hydrogen (secondary N) is 2. The van der Waals surface area contributed by atoms with Gasteiger partial charge in [0.2, 0.25) is 17.8 Å². The molecule has 29 heavy (non-hydrogen) atoms. The standard InChI is InChI=1S/C23H24N4O2/c1-14-8-9-16(12-15(14)2)20-13-24-23(27(20)3)26-21(28)11-10-18-17-6-4-5-7-19(17)25-22(18)29/h4-9,12-13,18H,10-11H2,1-3H3,(H,25,29)(H,24,26,28)/t18-/m1/s1. The molecule has 1 atom stereocenters. The second kappa shape index (κ2) is 7.54. The predicted molar refractivity (Wildman–Crippen MR) is 114 cm³/mol. The minimum absolute atomic E-state index is 0.0481. The van der Waals surface area contributed by atoms with E-state index in [1.54, 1.807) is 6.20 Å². The van der Waals surface area contributed by atoms with Crippen LogP contribution in [0.5, 0.6) is 0 Å². The molecule has 3 aromatic rings. The van der Waals surface area contributed by atoms with E-state index in [0.717, 1.165) is 22.5 Å². The molecule has 0 bridgehead atoms. The minimum Gasteiger partial charge on any atom is -0.325 e. The first-order chi connectivity index (χ1) is 13.9. The van der Waals surface area contributed by atoms with Gasteiger partial charge in [0, 0.05) is 24.7 Å². The molecule has 0 aliphatic carbocycles. The first-order valence-electron chi connectivity index (χ1n) is 9.73. The van der Waals surface area contributed by atoms with E-state index in [0.29, 0.717) is 12.4 Å². The lowest BCUT2D eigenvalue weighted by Gasteiger charge is -2.10. The van der Waals surface area contributed by atoms with Crippen LogP contribution >= 0.6 is 0 Å². The number of carbonyl (C=O) groups excluding carboxylic acids is 2. The molecule has 148 valence electrons. The van der Waals surface area contributed by atoms with Crippen LogP contribution in [-0.2, 0) is 16.6 Å². The van der Waals surface area contributed by atoms with E-state index in [9.17, 15) is 9.59 Å². The van der Waals surface area contributed by atoms with E-state index in [1.165, 1.54) is 11.1 Å². The van der Waals surface area contributed by atoms with Crippen molar-refractivity contribution in [2.24, 2.45) is 7.05 Å². The van der Waals surface area contributed by atoms with Crippen LogP contribution < -0.4 is 10.6 Å². The monoisotopic (exact) mass is 388 g/mol. The van der Waals surface area contributed by atoms with E-state index in [2.05, 4.69) is 47.7 Å². The van der Waals surface area contributed by atoms with Gasteiger partial charge in [0.05, 0.1) is 17.8 Å². The third-order valence-electron chi connectivity index (χ3n) is 5.61. The molecular weight excluding hydrogens is 364 g/mol. The molecule has 0 radical (unpaired) electrons. The molecule has 1 aliphatic heterocycles. The lowest BCUT2D eigenvalue weighted by atomic mass is 9.95. The molecule has 4 rings (SSSR count). The van der Waals surface area contributed by atoms with Crippen LogP contribution in [0.15, 0.2) is 48.7 Å². The highest BCUT2D eigenvalue weighted by molar-refractivity contribution is 6.03. The number of carbonyl (C=O) groups is 2. The Morgan fingerprint density at radius 3 is 2.76 bits per heavy atom. The molecule has 0 saturated carbocycles. The zero-order valence-corrected chi connectivity index (χ0v) is 16.8. The SMILES string of the molecule is Cc1ccc(-c2cnc(NC(=O)CC[C@H]3C(=O)Nc4ccccc43)n2C)cc1C. The van der Waals surface area contributed by atoms with Gasteiger partial charge in [-0.25, -0.2) is 4.98 Å². The number of aryl methyl sites for hydroxylation is 2. The molecule has 1 aromatic heterocycles. The van der Waals surface area contributed by atoms with E-state index < -0.39 is 0 Å². The molecule has 1 aliphatic rings. The largest absolute Gasteiger partial charge is 0.325 e. The molecule has 2 amide bonds. The topological polar surface area (TPSA) is 76.0 Å². The Kier molecular flexibility index (Phi) is 4.92. The highest BCUT2D eigenvalue weighted by Gasteiger charge is 2.30. The van der Waals surface area contributed by atoms with Gasteiger partial charge in [0.1, 0.15) is 0 Å². The van der Waals surface area contributed by atoms with Gasteiger partial charge in [-0.15, -0.1) is 0 Å². The van der Waals surface area contributed by atoms with Gasteiger partial charge in [-0.2, -0.15) is 0 Å². The first-order valence-corrected chi connectivity index (χ1v) is 9.73. The summed E-state index contributed by atoms with van der Waals surface area (Å²) in [6.07, 6.45) is 2.47. The maximum Gasteiger partial charge on any atom is 0.232 e. The Labute approximate surface area is 170 Å². The van der Waals surface area contributed by atoms with Crippen LogP contribution in [0.4, 0.5) is 11.6 Å². The van der Waals surface area contributed by atoms with Crippen LogP contribution in [0.25, 0.3) is 11.3 Å². The van der Waals surface area contributed by atoms with Crippen molar-refractivity contribution in [1.29, 1.82) is 0 Å². The van der Waals surface area contributed by atoms with Gasteiger partial charge in [-0.05, 0) is 49.1 Å². The normalized spacial score (nSPS) is 15.1. The van der Waals surface area contributed by atoms with Gasteiger partial charge in [0.15, 0.2) is 0 Å². The molecule has 6 nitrogen and oxygen atoms in total. The van der Waals surface area contributed by atoms with Crippen molar-refractivity contribution in [3.8, 4) is 11.3 Å². The Morgan fingerprint density at radius 1 is 1.17 bits per heavy atom. The third kappa shape index (κ3) is 3.66. The number of amides is 2. The lowest BCUT2D eigenvalue weighted by Crippen LogP contribution is -2.18. The fraction of sp³-hybridized carbons (Fsp3) is 0.261. The first kappa shape index (κ1) is 18.9. The van der Waals surface area contributed by atoms with Crippen LogP contribution in [0.2, 0.25) is 0 Å². The van der Waals surface area contributed by atoms with E-state index in [4.69, 9.17) is 0 Å². The number of hydrogen-bond donors (Lipinski definition) is 2. The van der Waals surface area contributed by atoms with E-state index in [-0.39, 0.29) is 24.2 Å². The molecule has 6 heteroatoms. The average Bonchev–Trinajstić information content (AvgIpc) is 3.21. The summed E-state index contributed by atoms with van der Waals surface area (Å²) >= 11 is 0. The Balaban J connectivity index is 1.42. The minimum atomic E-state index is -0.288. The summed E-state index contributed by atoms with van der Waals surface area (Å²) in [7, 11) is 1.88. The maximum atomic E-state index is 12.5. The number of para-hydroxylation sites is 1. The zero-order chi connectivity index (χ0) is 20.5. The summed E-state index contributed by atoms with van der Waals surface area (Å²) in [5, 5.41) is 5.74. The molecule has 0 unspecified atom stereocenters. The fourth-order valence-electron chi connectivity index (χ4n) is 3.72. The summed E-state index contributed by atoms with van der Waals surface area (Å²) in [6, 6.07) is 13.9. The highest BCUT2D eigenvalue weighted by Crippen LogP contribution is 2.35. The third-order valence-corrected chi connectivity index (χ3v) is 5.61. The summed E-state index contributed by atoms with van der Waals surface area (Å²) in [6.45, 7) is 4.16. The number of fused-ring (bicyclic) bond motifs is 1. The smallest absolute Gasteiger partial charge is 0.232 e. The summed E-state index contributed by atoms with van der Waals surface area (Å²) in [5.41, 5.74) is 6.24.